The molecule has 0 radical (unpaired) electrons. The molecule has 0 atom stereocenters. The summed E-state index contributed by atoms with van der Waals surface area (Å²) in [6.45, 7) is 2.61. The summed E-state index contributed by atoms with van der Waals surface area (Å²) in [6, 6.07) is 5.46. The average molecular weight is 349 g/mol. The van der Waals surface area contributed by atoms with Crippen LogP contribution < -0.4 is 5.32 Å². The highest BCUT2D eigenvalue weighted by molar-refractivity contribution is 5.94. The highest BCUT2D eigenvalue weighted by atomic mass is 16.2. The van der Waals surface area contributed by atoms with Gasteiger partial charge in [0.25, 0.3) is 5.91 Å². The minimum absolute atomic E-state index is 0.0180. The van der Waals surface area contributed by atoms with Crippen LogP contribution in [-0.2, 0) is 19.5 Å². The third kappa shape index (κ3) is 3.39. The molecule has 0 aromatic carbocycles. The molecule has 0 fully saturated rings. The van der Waals surface area contributed by atoms with E-state index in [9.17, 15) is 4.79 Å². The predicted molar refractivity (Wildman–Crippen MR) is 95.4 cm³/mol. The van der Waals surface area contributed by atoms with E-state index in [1.54, 1.807) is 42.0 Å². The van der Waals surface area contributed by atoms with Crippen LogP contribution >= 0.6 is 0 Å². The number of rotatable bonds is 5. The first-order valence-electron chi connectivity index (χ1n) is 8.54. The number of pyridine rings is 1. The number of anilines is 1. The molecule has 4 rings (SSSR count). The predicted octanol–water partition coefficient (Wildman–Crippen LogP) is 1.38. The monoisotopic (exact) mass is 349 g/mol. The van der Waals surface area contributed by atoms with Gasteiger partial charge in [0.1, 0.15) is 12.1 Å². The van der Waals surface area contributed by atoms with Gasteiger partial charge in [-0.15, -0.1) is 0 Å². The zero-order chi connectivity index (χ0) is 17.8. The van der Waals surface area contributed by atoms with Gasteiger partial charge in [-0.05, 0) is 24.6 Å². The Bertz CT molecular complexity index is 880. The summed E-state index contributed by atoms with van der Waals surface area (Å²) in [6.07, 6.45) is 9.23. The third-order valence-electron chi connectivity index (χ3n) is 4.40. The Morgan fingerprint density at radius 2 is 2.19 bits per heavy atom. The zero-order valence-electron chi connectivity index (χ0n) is 14.2. The fourth-order valence-electron chi connectivity index (χ4n) is 3.07. The van der Waals surface area contributed by atoms with E-state index < -0.39 is 0 Å². The van der Waals surface area contributed by atoms with E-state index >= 15 is 0 Å². The number of hydrogen-bond acceptors (Lipinski definition) is 6. The zero-order valence-corrected chi connectivity index (χ0v) is 14.2. The van der Waals surface area contributed by atoms with Gasteiger partial charge in [-0.2, -0.15) is 5.10 Å². The van der Waals surface area contributed by atoms with Gasteiger partial charge in [0.2, 0.25) is 0 Å². The highest BCUT2D eigenvalue weighted by Crippen LogP contribution is 2.23. The SMILES string of the molecule is O=C(c1cccnc1)N1CCc2c(ncnc2NCCn2cccn2)C1. The average Bonchev–Trinajstić information content (AvgIpc) is 3.21. The Balaban J connectivity index is 1.44. The van der Waals surface area contributed by atoms with Crippen molar-refractivity contribution in [3.63, 3.8) is 0 Å². The lowest BCUT2D eigenvalue weighted by molar-refractivity contribution is 0.0731. The van der Waals surface area contributed by atoms with Crippen LogP contribution in [0.25, 0.3) is 0 Å². The first kappa shape index (κ1) is 16.2. The topological polar surface area (TPSA) is 88.8 Å². The molecule has 0 bridgehead atoms. The molecule has 0 saturated heterocycles. The lowest BCUT2D eigenvalue weighted by atomic mass is 10.0. The molecule has 3 aromatic heterocycles. The second-order valence-electron chi connectivity index (χ2n) is 6.06. The number of carbonyl (C=O) groups excluding carboxylic acids is 1. The number of fused-ring (bicyclic) bond motifs is 1. The molecule has 1 amide bonds. The maximum absolute atomic E-state index is 12.6. The van der Waals surface area contributed by atoms with Crippen molar-refractivity contribution >= 4 is 11.7 Å². The normalized spacial score (nSPS) is 13.3. The van der Waals surface area contributed by atoms with Crippen LogP contribution in [0, 0.1) is 0 Å². The second-order valence-corrected chi connectivity index (χ2v) is 6.06. The highest BCUT2D eigenvalue weighted by Gasteiger charge is 2.25. The van der Waals surface area contributed by atoms with E-state index in [1.165, 1.54) is 0 Å². The number of aromatic nitrogens is 5. The van der Waals surface area contributed by atoms with Crippen molar-refractivity contribution in [1.29, 1.82) is 0 Å². The van der Waals surface area contributed by atoms with Crippen LogP contribution in [-0.4, -0.2) is 48.6 Å². The fourth-order valence-corrected chi connectivity index (χ4v) is 3.07. The number of nitrogens with one attached hydrogen (secondary N) is 1. The van der Waals surface area contributed by atoms with Crippen molar-refractivity contribution in [1.82, 2.24) is 29.6 Å². The van der Waals surface area contributed by atoms with Gasteiger partial charge in [0.15, 0.2) is 0 Å². The van der Waals surface area contributed by atoms with Gasteiger partial charge >= 0.3 is 0 Å². The Hall–Kier alpha value is -3.29. The van der Waals surface area contributed by atoms with Crippen molar-refractivity contribution < 1.29 is 4.79 Å². The molecule has 132 valence electrons. The molecule has 1 aliphatic rings. The molecule has 0 unspecified atom stereocenters. The maximum atomic E-state index is 12.6. The standard InChI is InChI=1S/C18H19N7O/c26-18(14-3-1-5-19-11-14)24-9-4-15-16(12-24)21-13-22-17(15)20-7-10-25-8-2-6-23-25/h1-3,5-6,8,11,13H,4,7,9-10,12H2,(H,20,21,22). The molecule has 0 saturated carbocycles. The molecule has 3 aromatic rings. The van der Waals surface area contributed by atoms with Crippen LogP contribution in [0.3, 0.4) is 0 Å². The van der Waals surface area contributed by atoms with E-state index in [-0.39, 0.29) is 5.91 Å². The minimum atomic E-state index is -0.0180. The molecule has 4 heterocycles. The lowest BCUT2D eigenvalue weighted by Crippen LogP contribution is -2.37. The van der Waals surface area contributed by atoms with Gasteiger partial charge in [-0.25, -0.2) is 9.97 Å². The first-order valence-corrected chi connectivity index (χ1v) is 8.54. The molecule has 8 nitrogen and oxygen atoms in total. The minimum Gasteiger partial charge on any atom is -0.368 e. The molecule has 1 N–H and O–H groups in total. The Morgan fingerprint density at radius 3 is 3.00 bits per heavy atom. The Labute approximate surface area is 150 Å². The summed E-state index contributed by atoms with van der Waals surface area (Å²) in [7, 11) is 0. The third-order valence-corrected chi connectivity index (χ3v) is 4.40. The number of hydrogen-bond donors (Lipinski definition) is 1. The van der Waals surface area contributed by atoms with E-state index in [0.717, 1.165) is 36.6 Å². The molecule has 0 aliphatic carbocycles. The van der Waals surface area contributed by atoms with Crippen LogP contribution in [0.1, 0.15) is 21.6 Å². The van der Waals surface area contributed by atoms with E-state index in [1.807, 2.05) is 16.9 Å². The Kier molecular flexibility index (Phi) is 4.55. The Morgan fingerprint density at radius 1 is 1.23 bits per heavy atom. The van der Waals surface area contributed by atoms with Crippen molar-refractivity contribution in [2.24, 2.45) is 0 Å². The summed E-state index contributed by atoms with van der Waals surface area (Å²) >= 11 is 0. The molecule has 8 heteroatoms. The fraction of sp³-hybridized carbons (Fsp3) is 0.278. The van der Waals surface area contributed by atoms with Gasteiger partial charge < -0.3 is 10.2 Å². The summed E-state index contributed by atoms with van der Waals surface area (Å²) in [5, 5.41) is 7.55. The van der Waals surface area contributed by atoms with Crippen molar-refractivity contribution in [3.05, 3.63) is 66.1 Å². The van der Waals surface area contributed by atoms with Crippen LogP contribution in [0.15, 0.2) is 49.3 Å². The van der Waals surface area contributed by atoms with E-state index in [2.05, 4.69) is 25.4 Å². The number of amides is 1. The summed E-state index contributed by atoms with van der Waals surface area (Å²) in [5.41, 5.74) is 2.58. The quantitative estimate of drug-likeness (QED) is 0.749. The van der Waals surface area contributed by atoms with Crippen molar-refractivity contribution in [2.45, 2.75) is 19.5 Å². The molecule has 26 heavy (non-hydrogen) atoms. The lowest BCUT2D eigenvalue weighted by Gasteiger charge is -2.29. The maximum Gasteiger partial charge on any atom is 0.255 e. The summed E-state index contributed by atoms with van der Waals surface area (Å²) < 4.78 is 1.87. The van der Waals surface area contributed by atoms with Gasteiger partial charge in [0, 0.05) is 43.4 Å². The molecule has 1 aliphatic heterocycles. The van der Waals surface area contributed by atoms with Crippen LogP contribution in [0.5, 0.6) is 0 Å². The van der Waals surface area contributed by atoms with Crippen LogP contribution in [0.2, 0.25) is 0 Å². The largest absolute Gasteiger partial charge is 0.368 e. The molecule has 0 spiro atoms. The number of carbonyl (C=O) groups is 1. The summed E-state index contributed by atoms with van der Waals surface area (Å²) in [5.74, 6) is 0.825. The number of nitrogens with zero attached hydrogens (tertiary/aromatic N) is 6. The van der Waals surface area contributed by atoms with Crippen molar-refractivity contribution in [2.75, 3.05) is 18.4 Å². The van der Waals surface area contributed by atoms with E-state index in [0.29, 0.717) is 18.7 Å². The second kappa shape index (κ2) is 7.30. The molecular weight excluding hydrogens is 330 g/mol. The van der Waals surface area contributed by atoms with E-state index in [4.69, 9.17) is 0 Å². The van der Waals surface area contributed by atoms with Gasteiger partial charge in [0.05, 0.1) is 24.3 Å². The van der Waals surface area contributed by atoms with Crippen molar-refractivity contribution in [3.8, 4) is 0 Å². The smallest absolute Gasteiger partial charge is 0.255 e. The molecular formula is C18H19N7O. The summed E-state index contributed by atoms with van der Waals surface area (Å²) in [4.78, 5) is 27.2. The van der Waals surface area contributed by atoms with Gasteiger partial charge in [-0.3, -0.25) is 14.5 Å². The van der Waals surface area contributed by atoms with Gasteiger partial charge in [-0.1, -0.05) is 0 Å². The first-order chi connectivity index (χ1) is 12.8. The van der Waals surface area contributed by atoms with Crippen LogP contribution in [0.4, 0.5) is 5.82 Å².